The summed E-state index contributed by atoms with van der Waals surface area (Å²) in [6.45, 7) is 2.16. The van der Waals surface area contributed by atoms with Crippen LogP contribution in [0.1, 0.15) is 24.9 Å². The second kappa shape index (κ2) is 8.02. The number of benzene rings is 1. The van der Waals surface area contributed by atoms with E-state index in [1.807, 2.05) is 0 Å². The fourth-order valence-corrected chi connectivity index (χ4v) is 2.99. The molecule has 1 N–H and O–H groups in total. The van der Waals surface area contributed by atoms with E-state index in [1.54, 1.807) is 25.3 Å². The van der Waals surface area contributed by atoms with Crippen LogP contribution >= 0.6 is 0 Å². The number of ether oxygens (including phenoxy) is 3. The Hall–Kier alpha value is -2.54. The SMILES string of the molecule is COCCCN1C(=O)C(O)=C(C(C)=O)[C@H]1c1ccc(OC)c(OC)c1. The van der Waals surface area contributed by atoms with Gasteiger partial charge in [0.05, 0.1) is 25.8 Å². The van der Waals surface area contributed by atoms with Crippen LogP contribution in [-0.2, 0) is 14.3 Å². The monoisotopic (exact) mass is 349 g/mol. The number of aliphatic hydroxyl groups is 1. The zero-order valence-corrected chi connectivity index (χ0v) is 14.9. The molecule has 0 radical (unpaired) electrons. The van der Waals surface area contributed by atoms with Gasteiger partial charge in [-0.1, -0.05) is 6.07 Å². The van der Waals surface area contributed by atoms with Crippen LogP contribution in [0.25, 0.3) is 0 Å². The molecule has 1 heterocycles. The van der Waals surface area contributed by atoms with Crippen LogP contribution in [-0.4, -0.2) is 56.2 Å². The summed E-state index contributed by atoms with van der Waals surface area (Å²) in [6.07, 6.45) is 0.588. The van der Waals surface area contributed by atoms with Crippen molar-refractivity contribution in [1.82, 2.24) is 4.90 Å². The fraction of sp³-hybridized carbons (Fsp3) is 0.444. The van der Waals surface area contributed by atoms with Gasteiger partial charge in [-0.2, -0.15) is 0 Å². The van der Waals surface area contributed by atoms with Gasteiger partial charge in [0.15, 0.2) is 23.0 Å². The number of hydrogen-bond donors (Lipinski definition) is 1. The maximum Gasteiger partial charge on any atom is 0.290 e. The predicted molar refractivity (Wildman–Crippen MR) is 90.8 cm³/mol. The number of carbonyl (C=O) groups excluding carboxylic acids is 2. The van der Waals surface area contributed by atoms with Crippen molar-refractivity contribution in [2.45, 2.75) is 19.4 Å². The average molecular weight is 349 g/mol. The second-order valence-electron chi connectivity index (χ2n) is 5.68. The lowest BCUT2D eigenvalue weighted by Crippen LogP contribution is -2.32. The molecule has 1 aliphatic heterocycles. The van der Waals surface area contributed by atoms with E-state index in [1.165, 1.54) is 26.0 Å². The summed E-state index contributed by atoms with van der Waals surface area (Å²) in [5, 5.41) is 10.2. The number of nitrogens with zero attached hydrogens (tertiary/aromatic N) is 1. The Bertz CT molecular complexity index is 697. The summed E-state index contributed by atoms with van der Waals surface area (Å²) in [4.78, 5) is 26.0. The molecule has 0 unspecified atom stereocenters. The normalized spacial score (nSPS) is 17.2. The van der Waals surface area contributed by atoms with Crippen molar-refractivity contribution in [1.29, 1.82) is 0 Å². The van der Waals surface area contributed by atoms with Crippen molar-refractivity contribution in [3.63, 3.8) is 0 Å². The minimum Gasteiger partial charge on any atom is -0.503 e. The van der Waals surface area contributed by atoms with Crippen LogP contribution in [0, 0.1) is 0 Å². The molecule has 1 atom stereocenters. The smallest absolute Gasteiger partial charge is 0.290 e. The molecule has 1 aromatic carbocycles. The molecule has 7 heteroatoms. The van der Waals surface area contributed by atoms with E-state index in [-0.39, 0.29) is 11.4 Å². The zero-order chi connectivity index (χ0) is 18.6. The summed E-state index contributed by atoms with van der Waals surface area (Å²) < 4.78 is 15.6. The lowest BCUT2D eigenvalue weighted by Gasteiger charge is -2.27. The molecule has 1 aromatic rings. The van der Waals surface area contributed by atoms with E-state index in [9.17, 15) is 14.7 Å². The first kappa shape index (κ1) is 18.8. The van der Waals surface area contributed by atoms with Crippen molar-refractivity contribution in [3.05, 3.63) is 35.1 Å². The highest BCUT2D eigenvalue weighted by atomic mass is 16.5. The lowest BCUT2D eigenvalue weighted by molar-refractivity contribution is -0.129. The lowest BCUT2D eigenvalue weighted by atomic mass is 9.96. The Labute approximate surface area is 146 Å². The Morgan fingerprint density at radius 2 is 1.88 bits per heavy atom. The number of Topliss-reactive ketones (excluding diaryl/α,β-unsaturated/α-hetero) is 1. The van der Waals surface area contributed by atoms with Crippen molar-refractivity contribution < 1.29 is 28.9 Å². The van der Waals surface area contributed by atoms with Gasteiger partial charge in [-0.05, 0) is 31.0 Å². The first-order valence-corrected chi connectivity index (χ1v) is 7.92. The van der Waals surface area contributed by atoms with Crippen LogP contribution < -0.4 is 9.47 Å². The highest BCUT2D eigenvalue weighted by molar-refractivity contribution is 6.08. The van der Waals surface area contributed by atoms with Crippen LogP contribution in [0.15, 0.2) is 29.5 Å². The third-order valence-corrected chi connectivity index (χ3v) is 4.15. The van der Waals surface area contributed by atoms with Crippen molar-refractivity contribution in [2.75, 3.05) is 34.5 Å². The summed E-state index contributed by atoms with van der Waals surface area (Å²) in [6, 6.07) is 4.51. The van der Waals surface area contributed by atoms with Crippen molar-refractivity contribution >= 4 is 11.7 Å². The van der Waals surface area contributed by atoms with Gasteiger partial charge in [0.25, 0.3) is 5.91 Å². The third-order valence-electron chi connectivity index (χ3n) is 4.15. The number of carbonyl (C=O) groups is 2. The predicted octanol–water partition coefficient (Wildman–Crippen LogP) is 2.02. The Morgan fingerprint density at radius 1 is 1.20 bits per heavy atom. The molecule has 0 saturated carbocycles. The van der Waals surface area contributed by atoms with Gasteiger partial charge in [-0.15, -0.1) is 0 Å². The molecule has 0 spiro atoms. The number of hydrogen-bond acceptors (Lipinski definition) is 6. The summed E-state index contributed by atoms with van der Waals surface area (Å²) in [5.41, 5.74) is 0.757. The van der Waals surface area contributed by atoms with Gasteiger partial charge in [-0.25, -0.2) is 0 Å². The van der Waals surface area contributed by atoms with Crippen molar-refractivity contribution in [2.24, 2.45) is 0 Å². The molecule has 1 aliphatic rings. The molecule has 1 amide bonds. The topological polar surface area (TPSA) is 85.3 Å². The van der Waals surface area contributed by atoms with E-state index in [4.69, 9.17) is 14.2 Å². The molecule has 2 rings (SSSR count). The molecular weight excluding hydrogens is 326 g/mol. The number of aliphatic hydroxyl groups excluding tert-OH is 1. The highest BCUT2D eigenvalue weighted by Crippen LogP contribution is 2.40. The molecule has 0 fully saturated rings. The highest BCUT2D eigenvalue weighted by Gasteiger charge is 2.42. The first-order valence-electron chi connectivity index (χ1n) is 7.92. The van der Waals surface area contributed by atoms with Crippen LogP contribution in [0.5, 0.6) is 11.5 Å². The van der Waals surface area contributed by atoms with E-state index >= 15 is 0 Å². The largest absolute Gasteiger partial charge is 0.503 e. The van der Waals surface area contributed by atoms with E-state index < -0.39 is 17.7 Å². The molecule has 7 nitrogen and oxygen atoms in total. The minimum atomic E-state index is -0.665. The van der Waals surface area contributed by atoms with Gasteiger partial charge in [0, 0.05) is 20.3 Å². The second-order valence-corrected chi connectivity index (χ2v) is 5.68. The van der Waals surface area contributed by atoms with E-state index in [0.717, 1.165) is 0 Å². The zero-order valence-electron chi connectivity index (χ0n) is 14.9. The van der Waals surface area contributed by atoms with E-state index in [2.05, 4.69) is 0 Å². The van der Waals surface area contributed by atoms with Crippen molar-refractivity contribution in [3.8, 4) is 11.5 Å². The molecule has 0 bridgehead atoms. The molecule has 0 saturated heterocycles. The van der Waals surface area contributed by atoms with Gasteiger partial charge in [0.2, 0.25) is 0 Å². The van der Waals surface area contributed by atoms with Gasteiger partial charge in [-0.3, -0.25) is 9.59 Å². The summed E-state index contributed by atoms with van der Waals surface area (Å²) >= 11 is 0. The average Bonchev–Trinajstić information content (AvgIpc) is 2.86. The molecule has 25 heavy (non-hydrogen) atoms. The number of amides is 1. The van der Waals surface area contributed by atoms with Crippen LogP contribution in [0.4, 0.5) is 0 Å². The Morgan fingerprint density at radius 3 is 2.44 bits per heavy atom. The fourth-order valence-electron chi connectivity index (χ4n) is 2.99. The maximum absolute atomic E-state index is 12.4. The summed E-state index contributed by atoms with van der Waals surface area (Å²) in [7, 11) is 4.62. The molecular formula is C18H23NO6. The molecule has 136 valence electrons. The van der Waals surface area contributed by atoms with Gasteiger partial charge in [0.1, 0.15) is 0 Å². The molecule has 0 aromatic heterocycles. The van der Waals surface area contributed by atoms with Gasteiger partial charge >= 0.3 is 0 Å². The number of rotatable bonds is 8. The van der Waals surface area contributed by atoms with Gasteiger partial charge < -0.3 is 24.2 Å². The Balaban J connectivity index is 2.47. The quantitative estimate of drug-likeness (QED) is 0.723. The van der Waals surface area contributed by atoms with E-state index in [0.29, 0.717) is 36.6 Å². The third kappa shape index (κ3) is 3.61. The standard InChI is InChI=1S/C18H23NO6/c1-11(20)15-16(12-6-7-13(24-3)14(10-12)25-4)19(8-5-9-23-2)18(22)17(15)21/h6-7,10,16,21H,5,8-9H2,1-4H3/t16-/m1/s1. The summed E-state index contributed by atoms with van der Waals surface area (Å²) in [5.74, 6) is -0.372. The molecule has 0 aliphatic carbocycles. The number of methoxy groups -OCH3 is 3. The minimum absolute atomic E-state index is 0.0923. The maximum atomic E-state index is 12.4. The Kier molecular flexibility index (Phi) is 6.03. The first-order chi connectivity index (χ1) is 12.0. The number of ketones is 1. The van der Waals surface area contributed by atoms with Crippen LogP contribution in [0.2, 0.25) is 0 Å². The van der Waals surface area contributed by atoms with Crippen LogP contribution in [0.3, 0.4) is 0 Å².